The molecule has 3 aromatic rings. The lowest BCUT2D eigenvalue weighted by Crippen LogP contribution is -2.36. The SMILES string of the molecule is CO[C@H]1C[C@@H](CCO)N(C(=O)c2ccc(-c3cccc4cccnc34)cc2)C1. The van der Waals surface area contributed by atoms with Crippen molar-refractivity contribution >= 4 is 16.8 Å². The summed E-state index contributed by atoms with van der Waals surface area (Å²) in [5.74, 6) is -0.0133. The lowest BCUT2D eigenvalue weighted by atomic mass is 10.0. The zero-order valence-corrected chi connectivity index (χ0v) is 15.9. The van der Waals surface area contributed by atoms with Crippen LogP contribution in [0.15, 0.2) is 60.8 Å². The molecule has 1 amide bonds. The van der Waals surface area contributed by atoms with Gasteiger partial charge in [0.2, 0.25) is 0 Å². The fourth-order valence-corrected chi connectivity index (χ4v) is 4.01. The van der Waals surface area contributed by atoms with Crippen molar-refractivity contribution in [3.63, 3.8) is 0 Å². The molecule has 4 rings (SSSR count). The summed E-state index contributed by atoms with van der Waals surface area (Å²) in [4.78, 5) is 19.4. The van der Waals surface area contributed by atoms with Crippen molar-refractivity contribution in [1.29, 1.82) is 0 Å². The Bertz CT molecular complexity index is 966. The number of hydrogen-bond acceptors (Lipinski definition) is 4. The van der Waals surface area contributed by atoms with Crippen LogP contribution in [0.1, 0.15) is 23.2 Å². The molecular weight excluding hydrogens is 352 g/mol. The molecule has 144 valence electrons. The van der Waals surface area contributed by atoms with Crippen LogP contribution in [0, 0.1) is 0 Å². The highest BCUT2D eigenvalue weighted by Gasteiger charge is 2.35. The van der Waals surface area contributed by atoms with Gasteiger partial charge in [-0.15, -0.1) is 0 Å². The van der Waals surface area contributed by atoms with E-state index in [-0.39, 0.29) is 24.7 Å². The summed E-state index contributed by atoms with van der Waals surface area (Å²) < 4.78 is 5.44. The number of rotatable bonds is 5. The van der Waals surface area contributed by atoms with Crippen LogP contribution in [0.2, 0.25) is 0 Å². The van der Waals surface area contributed by atoms with Gasteiger partial charge >= 0.3 is 0 Å². The summed E-state index contributed by atoms with van der Waals surface area (Å²) in [6.45, 7) is 0.632. The van der Waals surface area contributed by atoms with Crippen molar-refractivity contribution < 1.29 is 14.6 Å². The third kappa shape index (κ3) is 3.51. The molecule has 0 unspecified atom stereocenters. The molecule has 1 fully saturated rings. The minimum Gasteiger partial charge on any atom is -0.396 e. The van der Waals surface area contributed by atoms with Gasteiger partial charge in [-0.25, -0.2) is 0 Å². The second-order valence-electron chi connectivity index (χ2n) is 7.18. The van der Waals surface area contributed by atoms with E-state index in [2.05, 4.69) is 4.98 Å². The van der Waals surface area contributed by atoms with E-state index in [1.165, 1.54) is 0 Å². The van der Waals surface area contributed by atoms with Crippen LogP contribution in [0.5, 0.6) is 0 Å². The Hall–Kier alpha value is -2.76. The number of carbonyl (C=O) groups is 1. The van der Waals surface area contributed by atoms with E-state index in [0.717, 1.165) is 28.5 Å². The maximum Gasteiger partial charge on any atom is 0.254 e. The van der Waals surface area contributed by atoms with Crippen molar-refractivity contribution in [2.24, 2.45) is 0 Å². The summed E-state index contributed by atoms with van der Waals surface area (Å²) in [5, 5.41) is 10.4. The Kier molecular flexibility index (Phi) is 5.37. The van der Waals surface area contributed by atoms with Crippen LogP contribution in [0.4, 0.5) is 0 Å². The summed E-state index contributed by atoms with van der Waals surface area (Å²) in [6.07, 6.45) is 3.17. The zero-order chi connectivity index (χ0) is 19.5. The van der Waals surface area contributed by atoms with Gasteiger partial charge in [0.25, 0.3) is 5.91 Å². The Morgan fingerprint density at radius 2 is 1.96 bits per heavy atom. The normalized spacial score (nSPS) is 19.3. The maximum absolute atomic E-state index is 13.0. The number of likely N-dealkylation sites (tertiary alicyclic amines) is 1. The Labute approximate surface area is 164 Å². The van der Waals surface area contributed by atoms with E-state index in [4.69, 9.17) is 4.74 Å². The van der Waals surface area contributed by atoms with Crippen molar-refractivity contribution in [3.8, 4) is 11.1 Å². The van der Waals surface area contributed by atoms with Gasteiger partial charge in [0.05, 0.1) is 11.6 Å². The van der Waals surface area contributed by atoms with Crippen molar-refractivity contribution in [2.75, 3.05) is 20.3 Å². The second kappa shape index (κ2) is 8.09. The van der Waals surface area contributed by atoms with E-state index in [0.29, 0.717) is 18.5 Å². The van der Waals surface area contributed by atoms with Crippen LogP contribution < -0.4 is 0 Å². The van der Waals surface area contributed by atoms with Gasteiger partial charge in [-0.2, -0.15) is 0 Å². The molecule has 2 atom stereocenters. The molecule has 5 heteroatoms. The molecule has 2 heterocycles. The lowest BCUT2D eigenvalue weighted by molar-refractivity contribution is 0.0675. The maximum atomic E-state index is 13.0. The van der Waals surface area contributed by atoms with Crippen molar-refractivity contribution in [1.82, 2.24) is 9.88 Å². The smallest absolute Gasteiger partial charge is 0.254 e. The lowest BCUT2D eigenvalue weighted by Gasteiger charge is -2.24. The van der Waals surface area contributed by atoms with Gasteiger partial charge in [-0.3, -0.25) is 9.78 Å². The van der Waals surface area contributed by atoms with E-state index >= 15 is 0 Å². The first-order valence-electron chi connectivity index (χ1n) is 9.60. The first kappa shape index (κ1) is 18.6. The summed E-state index contributed by atoms with van der Waals surface area (Å²) >= 11 is 0. The van der Waals surface area contributed by atoms with Crippen LogP contribution in [0.3, 0.4) is 0 Å². The first-order chi connectivity index (χ1) is 13.7. The third-order valence-corrected chi connectivity index (χ3v) is 5.51. The molecule has 1 aromatic heterocycles. The molecule has 5 nitrogen and oxygen atoms in total. The predicted octanol–water partition coefficient (Wildman–Crippen LogP) is 3.51. The number of nitrogens with zero attached hydrogens (tertiary/aromatic N) is 2. The van der Waals surface area contributed by atoms with Gasteiger partial charge in [0, 0.05) is 49.0 Å². The largest absolute Gasteiger partial charge is 0.396 e. The number of aliphatic hydroxyl groups is 1. The van der Waals surface area contributed by atoms with Crippen LogP contribution in [-0.2, 0) is 4.74 Å². The fraction of sp³-hybridized carbons (Fsp3) is 0.304. The number of para-hydroxylation sites is 1. The average Bonchev–Trinajstić information content (AvgIpc) is 3.16. The Morgan fingerprint density at radius 3 is 2.71 bits per heavy atom. The molecule has 1 saturated heterocycles. The standard InChI is InChI=1S/C23H24N2O3/c1-28-20-14-19(11-13-26)25(15-20)23(27)18-9-7-16(8-10-18)21-6-2-4-17-5-3-12-24-22(17)21/h2-10,12,19-20,26H,11,13-15H2,1H3/t19-,20+/m1/s1. The Morgan fingerprint density at radius 1 is 1.18 bits per heavy atom. The number of aliphatic hydroxyl groups excluding tert-OH is 1. The number of fused-ring (bicyclic) bond motifs is 1. The number of pyridine rings is 1. The van der Waals surface area contributed by atoms with Crippen LogP contribution in [-0.4, -0.2) is 53.3 Å². The highest BCUT2D eigenvalue weighted by Crippen LogP contribution is 2.29. The fourth-order valence-electron chi connectivity index (χ4n) is 4.01. The third-order valence-electron chi connectivity index (χ3n) is 5.51. The highest BCUT2D eigenvalue weighted by atomic mass is 16.5. The van der Waals surface area contributed by atoms with Gasteiger partial charge in [0.15, 0.2) is 0 Å². The molecule has 0 bridgehead atoms. The molecule has 0 radical (unpaired) electrons. The molecular formula is C23H24N2O3. The number of ether oxygens (including phenoxy) is 1. The van der Waals surface area contributed by atoms with E-state index in [9.17, 15) is 9.90 Å². The van der Waals surface area contributed by atoms with Crippen molar-refractivity contribution in [2.45, 2.75) is 25.0 Å². The molecule has 1 aliphatic heterocycles. The van der Waals surface area contributed by atoms with Gasteiger partial charge in [-0.1, -0.05) is 36.4 Å². The number of aromatic nitrogens is 1. The van der Waals surface area contributed by atoms with Gasteiger partial charge < -0.3 is 14.7 Å². The van der Waals surface area contributed by atoms with Crippen molar-refractivity contribution in [3.05, 3.63) is 66.4 Å². The van der Waals surface area contributed by atoms with Crippen LogP contribution >= 0.6 is 0 Å². The second-order valence-corrected chi connectivity index (χ2v) is 7.18. The minimum absolute atomic E-state index is 0.0133. The number of benzene rings is 2. The highest BCUT2D eigenvalue weighted by molar-refractivity contribution is 5.97. The van der Waals surface area contributed by atoms with Crippen LogP contribution in [0.25, 0.3) is 22.0 Å². The topological polar surface area (TPSA) is 62.7 Å². The zero-order valence-electron chi connectivity index (χ0n) is 15.9. The summed E-state index contributed by atoms with van der Waals surface area (Å²) in [6, 6.07) is 17.8. The number of hydrogen-bond donors (Lipinski definition) is 1. The average molecular weight is 376 g/mol. The number of methoxy groups -OCH3 is 1. The monoisotopic (exact) mass is 376 g/mol. The Balaban J connectivity index is 1.60. The van der Waals surface area contributed by atoms with Gasteiger partial charge in [-0.05, 0) is 36.6 Å². The first-order valence-corrected chi connectivity index (χ1v) is 9.60. The summed E-state index contributed by atoms with van der Waals surface area (Å²) in [7, 11) is 1.67. The number of carbonyl (C=O) groups excluding carboxylic acids is 1. The minimum atomic E-state index is -0.0133. The van der Waals surface area contributed by atoms with E-state index in [1.807, 2.05) is 59.5 Å². The molecule has 1 N–H and O–H groups in total. The summed E-state index contributed by atoms with van der Waals surface area (Å²) in [5.41, 5.74) is 3.69. The quantitative estimate of drug-likeness (QED) is 0.740. The molecule has 0 saturated carbocycles. The molecule has 2 aromatic carbocycles. The predicted molar refractivity (Wildman–Crippen MR) is 109 cm³/mol. The number of amides is 1. The molecule has 0 spiro atoms. The van der Waals surface area contributed by atoms with E-state index < -0.39 is 0 Å². The van der Waals surface area contributed by atoms with E-state index in [1.54, 1.807) is 13.3 Å². The van der Waals surface area contributed by atoms with Gasteiger partial charge in [0.1, 0.15) is 0 Å². The molecule has 28 heavy (non-hydrogen) atoms. The molecule has 1 aliphatic rings. The molecule has 0 aliphatic carbocycles.